The quantitative estimate of drug-likeness (QED) is 0.179. The van der Waals surface area contributed by atoms with E-state index in [1.807, 2.05) is 30.6 Å². The van der Waals surface area contributed by atoms with Crippen LogP contribution < -0.4 is 4.90 Å². The van der Waals surface area contributed by atoms with Crippen LogP contribution in [0.4, 0.5) is 17.3 Å². The van der Waals surface area contributed by atoms with Gasteiger partial charge in [0.2, 0.25) is 0 Å². The van der Waals surface area contributed by atoms with Crippen LogP contribution >= 0.6 is 0 Å². The van der Waals surface area contributed by atoms with E-state index in [4.69, 9.17) is 9.97 Å². The van der Waals surface area contributed by atoms with Crippen LogP contribution in [-0.4, -0.2) is 9.97 Å². The third kappa shape index (κ3) is 4.23. The van der Waals surface area contributed by atoms with Gasteiger partial charge in [0.05, 0.1) is 5.69 Å². The Balaban J connectivity index is 1.12. The monoisotopic (exact) mass is 639 g/mol. The summed E-state index contributed by atoms with van der Waals surface area (Å²) in [6, 6.07) is 55.2. The fourth-order valence-corrected chi connectivity index (χ4v) is 8.24. The molecule has 0 amide bonds. The molecule has 0 radical (unpaired) electrons. The first-order valence-corrected chi connectivity index (χ1v) is 17.2. The number of nitrogens with zero attached hydrogens (tertiary/aromatic N) is 3. The molecule has 0 bridgehead atoms. The molecular weight excluding hydrogens is 607 g/mol. The lowest BCUT2D eigenvalue weighted by atomic mass is 9.74. The Labute approximate surface area is 291 Å². The van der Waals surface area contributed by atoms with Gasteiger partial charge >= 0.3 is 0 Å². The molecule has 1 aliphatic heterocycles. The molecule has 10 rings (SSSR count). The highest BCUT2D eigenvalue weighted by molar-refractivity contribution is 6.27. The van der Waals surface area contributed by atoms with Crippen LogP contribution in [0.3, 0.4) is 0 Å². The van der Waals surface area contributed by atoms with Gasteiger partial charge < -0.3 is 0 Å². The molecule has 50 heavy (non-hydrogen) atoms. The summed E-state index contributed by atoms with van der Waals surface area (Å²) in [5.41, 5.74) is 10.7. The maximum Gasteiger partial charge on any atom is 0.142 e. The lowest BCUT2D eigenvalue weighted by Crippen LogP contribution is -2.31. The SMILES string of the molecule is CC1(C)c2cc(-c3cccc(-c4ccc5ccc6c(-c7ccccc7)ccc7ccc4c5c76)c3)ccc2N(c2ccccn2)c2ncccc21. The Hall–Kier alpha value is -6.32. The molecule has 0 saturated carbocycles. The zero-order chi connectivity index (χ0) is 33.4. The molecule has 3 heterocycles. The summed E-state index contributed by atoms with van der Waals surface area (Å²) < 4.78 is 0. The van der Waals surface area contributed by atoms with Gasteiger partial charge in [-0.25, -0.2) is 9.97 Å². The third-order valence-electron chi connectivity index (χ3n) is 10.7. The fourth-order valence-electron chi connectivity index (χ4n) is 8.24. The lowest BCUT2D eigenvalue weighted by Gasteiger charge is -2.40. The number of hydrogen-bond donors (Lipinski definition) is 0. The molecule has 9 aromatic rings. The van der Waals surface area contributed by atoms with Gasteiger partial charge in [-0.05, 0) is 108 Å². The summed E-state index contributed by atoms with van der Waals surface area (Å²) in [7, 11) is 0. The van der Waals surface area contributed by atoms with Crippen LogP contribution in [0.25, 0.3) is 65.7 Å². The molecule has 0 N–H and O–H groups in total. The summed E-state index contributed by atoms with van der Waals surface area (Å²) >= 11 is 0. The average Bonchev–Trinajstić information content (AvgIpc) is 3.17. The molecule has 2 aromatic heterocycles. The minimum Gasteiger partial charge on any atom is -0.278 e. The topological polar surface area (TPSA) is 29.0 Å². The van der Waals surface area contributed by atoms with Crippen LogP contribution in [0.1, 0.15) is 25.0 Å². The van der Waals surface area contributed by atoms with Crippen molar-refractivity contribution in [2.75, 3.05) is 4.90 Å². The van der Waals surface area contributed by atoms with Gasteiger partial charge in [-0.3, -0.25) is 4.90 Å². The summed E-state index contributed by atoms with van der Waals surface area (Å²) in [6.45, 7) is 4.60. The second-order valence-electron chi connectivity index (χ2n) is 13.9. The summed E-state index contributed by atoms with van der Waals surface area (Å²) in [6.07, 6.45) is 3.72. The number of rotatable bonds is 4. The second-order valence-corrected chi connectivity index (χ2v) is 13.9. The first-order valence-electron chi connectivity index (χ1n) is 17.2. The van der Waals surface area contributed by atoms with Gasteiger partial charge in [0.25, 0.3) is 0 Å². The van der Waals surface area contributed by atoms with Crippen molar-refractivity contribution in [3.8, 4) is 33.4 Å². The van der Waals surface area contributed by atoms with E-state index in [9.17, 15) is 0 Å². The van der Waals surface area contributed by atoms with Crippen molar-refractivity contribution in [1.82, 2.24) is 9.97 Å². The van der Waals surface area contributed by atoms with Crippen LogP contribution in [0.2, 0.25) is 0 Å². The Morgan fingerprint density at radius 3 is 1.84 bits per heavy atom. The highest BCUT2D eigenvalue weighted by Crippen LogP contribution is 2.51. The Morgan fingerprint density at radius 1 is 0.460 bits per heavy atom. The Morgan fingerprint density at radius 2 is 1.10 bits per heavy atom. The Bertz CT molecular complexity index is 2730. The van der Waals surface area contributed by atoms with E-state index < -0.39 is 0 Å². The maximum absolute atomic E-state index is 4.86. The molecule has 1 aliphatic rings. The van der Waals surface area contributed by atoms with E-state index in [2.05, 4.69) is 152 Å². The molecule has 0 spiro atoms. The van der Waals surface area contributed by atoms with Crippen LogP contribution in [0.15, 0.2) is 164 Å². The molecule has 0 saturated heterocycles. The first-order chi connectivity index (χ1) is 24.6. The van der Waals surface area contributed by atoms with E-state index in [0.29, 0.717) is 0 Å². The van der Waals surface area contributed by atoms with Crippen molar-refractivity contribution in [2.24, 2.45) is 0 Å². The van der Waals surface area contributed by atoms with E-state index >= 15 is 0 Å². The predicted molar refractivity (Wildman–Crippen MR) is 209 cm³/mol. The lowest BCUT2D eigenvalue weighted by molar-refractivity contribution is 0.627. The Kier molecular flexibility index (Phi) is 6.22. The van der Waals surface area contributed by atoms with Gasteiger partial charge in [0.15, 0.2) is 0 Å². The zero-order valence-electron chi connectivity index (χ0n) is 27.9. The first kappa shape index (κ1) is 28.7. The van der Waals surface area contributed by atoms with Crippen LogP contribution in [0.5, 0.6) is 0 Å². The number of hydrogen-bond acceptors (Lipinski definition) is 3. The van der Waals surface area contributed by atoms with Crippen molar-refractivity contribution in [1.29, 1.82) is 0 Å². The molecule has 0 atom stereocenters. The molecule has 0 unspecified atom stereocenters. The fraction of sp³-hybridized carbons (Fsp3) is 0.0638. The van der Waals surface area contributed by atoms with E-state index in [1.54, 1.807) is 0 Å². The van der Waals surface area contributed by atoms with Crippen molar-refractivity contribution in [2.45, 2.75) is 19.3 Å². The van der Waals surface area contributed by atoms with Gasteiger partial charge in [0, 0.05) is 23.4 Å². The van der Waals surface area contributed by atoms with E-state index in [0.717, 1.165) is 17.3 Å². The van der Waals surface area contributed by atoms with E-state index in [-0.39, 0.29) is 5.41 Å². The molecule has 3 nitrogen and oxygen atoms in total. The molecule has 0 fully saturated rings. The molecular formula is C47H33N3. The minimum absolute atomic E-state index is 0.248. The molecule has 0 aliphatic carbocycles. The highest BCUT2D eigenvalue weighted by atomic mass is 15.2. The second kappa shape index (κ2) is 10.8. The van der Waals surface area contributed by atoms with Crippen molar-refractivity contribution in [3.63, 3.8) is 0 Å². The maximum atomic E-state index is 4.86. The van der Waals surface area contributed by atoms with Crippen molar-refractivity contribution in [3.05, 3.63) is 175 Å². The van der Waals surface area contributed by atoms with Crippen LogP contribution in [0, 0.1) is 0 Å². The van der Waals surface area contributed by atoms with Gasteiger partial charge in [0.1, 0.15) is 11.6 Å². The van der Waals surface area contributed by atoms with Gasteiger partial charge in [-0.15, -0.1) is 0 Å². The van der Waals surface area contributed by atoms with Gasteiger partial charge in [-0.2, -0.15) is 0 Å². The number of fused-ring (bicyclic) bond motifs is 2. The molecule has 236 valence electrons. The summed E-state index contributed by atoms with van der Waals surface area (Å²) in [5.74, 6) is 1.80. The predicted octanol–water partition coefficient (Wildman–Crippen LogP) is 12.5. The average molecular weight is 640 g/mol. The van der Waals surface area contributed by atoms with Crippen LogP contribution in [-0.2, 0) is 5.41 Å². The number of aromatic nitrogens is 2. The number of benzene rings is 7. The number of anilines is 3. The molecule has 7 aromatic carbocycles. The largest absolute Gasteiger partial charge is 0.278 e. The molecule has 3 heteroatoms. The highest BCUT2D eigenvalue weighted by Gasteiger charge is 2.38. The summed E-state index contributed by atoms with van der Waals surface area (Å²) in [5, 5.41) is 7.79. The zero-order valence-corrected chi connectivity index (χ0v) is 27.9. The smallest absolute Gasteiger partial charge is 0.142 e. The van der Waals surface area contributed by atoms with Crippen molar-refractivity contribution < 1.29 is 0 Å². The van der Waals surface area contributed by atoms with Gasteiger partial charge in [-0.1, -0.05) is 129 Å². The number of pyridine rings is 2. The summed E-state index contributed by atoms with van der Waals surface area (Å²) in [4.78, 5) is 11.8. The van der Waals surface area contributed by atoms with E-state index in [1.165, 1.54) is 76.8 Å². The third-order valence-corrected chi connectivity index (χ3v) is 10.7. The van der Waals surface area contributed by atoms with Crippen molar-refractivity contribution >= 4 is 49.6 Å². The normalized spacial score (nSPS) is 13.5. The minimum atomic E-state index is -0.248. The standard InChI is InChI=1S/C47H33N3/c1-47(2)40-14-9-27-49-46(40)50(43-15-6-7-26-48-43)42-25-20-34(29-41(42)47)33-12-8-13-35(28-33)37-22-17-32-18-23-38-36(30-10-4-3-5-11-30)21-16-31-19-24-39(37)45(32)44(31)38/h3-29H,1-2H3.